The van der Waals surface area contributed by atoms with Gasteiger partial charge in [0.2, 0.25) is 5.91 Å². The molecule has 1 fully saturated rings. The molecule has 4 heteroatoms. The van der Waals surface area contributed by atoms with Gasteiger partial charge in [-0.2, -0.15) is 0 Å². The van der Waals surface area contributed by atoms with Crippen LogP contribution >= 0.6 is 0 Å². The van der Waals surface area contributed by atoms with Crippen molar-refractivity contribution in [1.82, 2.24) is 5.32 Å². The van der Waals surface area contributed by atoms with Gasteiger partial charge in [0.15, 0.2) is 0 Å². The zero-order valence-corrected chi connectivity index (χ0v) is 9.24. The van der Waals surface area contributed by atoms with E-state index in [0.717, 1.165) is 19.3 Å². The van der Waals surface area contributed by atoms with Gasteiger partial charge in [-0.05, 0) is 26.2 Å². The molecule has 1 rings (SSSR count). The molecule has 0 aromatic heterocycles. The summed E-state index contributed by atoms with van der Waals surface area (Å²) in [5, 5.41) is 2.89. The summed E-state index contributed by atoms with van der Waals surface area (Å²) in [6, 6.07) is 0.121. The van der Waals surface area contributed by atoms with Crippen molar-refractivity contribution in [2.24, 2.45) is 5.73 Å². The standard InChI is InChI=1S/C11H20N2O2/c1-3-4-8(2)13-11(14)10-6-5-9(7-12)15-10/h3,8-10H,1,4-7,12H2,2H3,(H,13,14)/t8?,9-,10+/m1/s1. The van der Waals surface area contributed by atoms with E-state index in [1.165, 1.54) is 0 Å². The maximum absolute atomic E-state index is 11.7. The monoisotopic (exact) mass is 212 g/mol. The van der Waals surface area contributed by atoms with Crippen LogP contribution in [0.3, 0.4) is 0 Å². The average Bonchev–Trinajstić information content (AvgIpc) is 2.66. The van der Waals surface area contributed by atoms with Crippen molar-refractivity contribution >= 4 is 5.91 Å². The Kier molecular flexibility index (Phi) is 4.78. The number of nitrogens with one attached hydrogen (secondary N) is 1. The van der Waals surface area contributed by atoms with Gasteiger partial charge in [0, 0.05) is 12.6 Å². The van der Waals surface area contributed by atoms with E-state index in [1.54, 1.807) is 6.08 Å². The third-order valence-corrected chi connectivity index (χ3v) is 2.57. The van der Waals surface area contributed by atoms with Crippen LogP contribution in [0.15, 0.2) is 12.7 Å². The van der Waals surface area contributed by atoms with Gasteiger partial charge in [0.1, 0.15) is 6.10 Å². The molecule has 4 nitrogen and oxygen atoms in total. The second kappa shape index (κ2) is 5.88. The molecule has 0 aromatic carbocycles. The molecule has 0 aliphatic carbocycles. The number of hydrogen-bond acceptors (Lipinski definition) is 3. The highest BCUT2D eigenvalue weighted by molar-refractivity contribution is 5.81. The Hall–Kier alpha value is -0.870. The van der Waals surface area contributed by atoms with Crippen molar-refractivity contribution in [3.05, 3.63) is 12.7 Å². The minimum Gasteiger partial charge on any atom is -0.364 e. The number of rotatable bonds is 5. The third-order valence-electron chi connectivity index (χ3n) is 2.57. The summed E-state index contributed by atoms with van der Waals surface area (Å²) < 4.78 is 5.49. The average molecular weight is 212 g/mol. The van der Waals surface area contributed by atoms with Gasteiger partial charge in [-0.1, -0.05) is 6.08 Å². The van der Waals surface area contributed by atoms with Crippen molar-refractivity contribution in [2.75, 3.05) is 6.54 Å². The van der Waals surface area contributed by atoms with Gasteiger partial charge in [0.25, 0.3) is 0 Å². The van der Waals surface area contributed by atoms with Crippen LogP contribution < -0.4 is 11.1 Å². The number of hydrogen-bond donors (Lipinski definition) is 2. The van der Waals surface area contributed by atoms with E-state index in [-0.39, 0.29) is 24.2 Å². The van der Waals surface area contributed by atoms with Crippen molar-refractivity contribution in [3.63, 3.8) is 0 Å². The maximum Gasteiger partial charge on any atom is 0.249 e. The Balaban J connectivity index is 2.31. The quantitative estimate of drug-likeness (QED) is 0.655. The lowest BCUT2D eigenvalue weighted by atomic mass is 10.1. The molecule has 1 heterocycles. The SMILES string of the molecule is C=CCC(C)NC(=O)[C@@H]1CC[C@H](CN)O1. The lowest BCUT2D eigenvalue weighted by Crippen LogP contribution is -2.40. The smallest absolute Gasteiger partial charge is 0.249 e. The van der Waals surface area contributed by atoms with E-state index < -0.39 is 0 Å². The first-order chi connectivity index (χ1) is 7.17. The number of amides is 1. The van der Waals surface area contributed by atoms with Gasteiger partial charge < -0.3 is 15.8 Å². The number of ether oxygens (including phenoxy) is 1. The molecule has 3 atom stereocenters. The summed E-state index contributed by atoms with van der Waals surface area (Å²) in [5.74, 6) is -0.0275. The largest absolute Gasteiger partial charge is 0.364 e. The van der Waals surface area contributed by atoms with Crippen LogP contribution in [0.4, 0.5) is 0 Å². The van der Waals surface area contributed by atoms with Crippen LogP contribution in [0.1, 0.15) is 26.2 Å². The Bertz CT molecular complexity index is 231. The van der Waals surface area contributed by atoms with E-state index in [1.807, 2.05) is 6.92 Å². The van der Waals surface area contributed by atoms with Crippen LogP contribution in [0, 0.1) is 0 Å². The Labute approximate surface area is 90.9 Å². The predicted molar refractivity (Wildman–Crippen MR) is 59.4 cm³/mol. The van der Waals surface area contributed by atoms with E-state index in [0.29, 0.717) is 6.54 Å². The molecular weight excluding hydrogens is 192 g/mol. The second-order valence-corrected chi connectivity index (χ2v) is 3.99. The highest BCUT2D eigenvalue weighted by Crippen LogP contribution is 2.18. The Morgan fingerprint density at radius 1 is 1.73 bits per heavy atom. The summed E-state index contributed by atoms with van der Waals surface area (Å²) in [4.78, 5) is 11.7. The number of carbonyl (C=O) groups is 1. The molecule has 15 heavy (non-hydrogen) atoms. The van der Waals surface area contributed by atoms with Crippen molar-refractivity contribution in [3.8, 4) is 0 Å². The van der Waals surface area contributed by atoms with Gasteiger partial charge in [-0.15, -0.1) is 6.58 Å². The second-order valence-electron chi connectivity index (χ2n) is 3.99. The minimum atomic E-state index is -0.314. The van der Waals surface area contributed by atoms with E-state index in [4.69, 9.17) is 10.5 Å². The van der Waals surface area contributed by atoms with Gasteiger partial charge in [-0.3, -0.25) is 4.79 Å². The molecular formula is C11H20N2O2. The predicted octanol–water partition coefficient (Wildman–Crippen LogP) is 0.573. The number of carbonyl (C=O) groups excluding carboxylic acids is 1. The van der Waals surface area contributed by atoms with E-state index in [2.05, 4.69) is 11.9 Å². The van der Waals surface area contributed by atoms with Crippen LogP contribution in [-0.4, -0.2) is 30.7 Å². The Morgan fingerprint density at radius 2 is 2.47 bits per heavy atom. The summed E-state index contributed by atoms with van der Waals surface area (Å²) >= 11 is 0. The van der Waals surface area contributed by atoms with Gasteiger partial charge >= 0.3 is 0 Å². The fourth-order valence-corrected chi connectivity index (χ4v) is 1.72. The molecule has 3 N–H and O–H groups in total. The zero-order valence-electron chi connectivity index (χ0n) is 9.24. The molecule has 0 spiro atoms. The third kappa shape index (κ3) is 3.64. The number of nitrogens with two attached hydrogens (primary N) is 1. The zero-order chi connectivity index (χ0) is 11.3. The first-order valence-electron chi connectivity index (χ1n) is 5.44. The van der Waals surface area contributed by atoms with Crippen LogP contribution in [0.25, 0.3) is 0 Å². The normalized spacial score (nSPS) is 27.3. The van der Waals surface area contributed by atoms with E-state index >= 15 is 0 Å². The van der Waals surface area contributed by atoms with E-state index in [9.17, 15) is 4.79 Å². The summed E-state index contributed by atoms with van der Waals surface area (Å²) in [5.41, 5.74) is 5.48. The fourth-order valence-electron chi connectivity index (χ4n) is 1.72. The lowest BCUT2D eigenvalue weighted by molar-refractivity contribution is -0.132. The molecule has 1 unspecified atom stereocenters. The molecule has 1 saturated heterocycles. The molecule has 1 aliphatic rings. The topological polar surface area (TPSA) is 64.4 Å². The van der Waals surface area contributed by atoms with Crippen molar-refractivity contribution in [2.45, 2.75) is 44.4 Å². The maximum atomic E-state index is 11.7. The molecule has 1 amide bonds. The molecule has 1 aliphatic heterocycles. The van der Waals surface area contributed by atoms with Crippen LogP contribution in [0.5, 0.6) is 0 Å². The van der Waals surface area contributed by atoms with Crippen LogP contribution in [-0.2, 0) is 9.53 Å². The molecule has 0 saturated carbocycles. The van der Waals surface area contributed by atoms with Gasteiger partial charge in [0.05, 0.1) is 6.10 Å². The van der Waals surface area contributed by atoms with Crippen molar-refractivity contribution in [1.29, 1.82) is 0 Å². The minimum absolute atomic E-state index is 0.0275. The molecule has 86 valence electrons. The molecule has 0 bridgehead atoms. The summed E-state index contributed by atoms with van der Waals surface area (Å²) in [6.45, 7) is 6.08. The molecule has 0 radical (unpaired) electrons. The summed E-state index contributed by atoms with van der Waals surface area (Å²) in [6.07, 6.45) is 3.96. The van der Waals surface area contributed by atoms with Crippen molar-refractivity contribution < 1.29 is 9.53 Å². The fraction of sp³-hybridized carbons (Fsp3) is 0.727. The van der Waals surface area contributed by atoms with Gasteiger partial charge in [-0.25, -0.2) is 0 Å². The Morgan fingerprint density at radius 3 is 3.00 bits per heavy atom. The first-order valence-corrected chi connectivity index (χ1v) is 5.44. The highest BCUT2D eigenvalue weighted by atomic mass is 16.5. The lowest BCUT2D eigenvalue weighted by Gasteiger charge is -2.16. The summed E-state index contributed by atoms with van der Waals surface area (Å²) in [7, 11) is 0. The highest BCUT2D eigenvalue weighted by Gasteiger charge is 2.30. The first kappa shape index (κ1) is 12.2. The van der Waals surface area contributed by atoms with Crippen LogP contribution in [0.2, 0.25) is 0 Å². The molecule has 0 aromatic rings.